The van der Waals surface area contributed by atoms with Crippen LogP contribution in [0.15, 0.2) is 0 Å². The highest BCUT2D eigenvalue weighted by Gasteiger charge is 2.25. The van der Waals surface area contributed by atoms with E-state index in [1.54, 1.807) is 0 Å². The van der Waals surface area contributed by atoms with Gasteiger partial charge in [0.15, 0.2) is 6.29 Å². The molecule has 0 radical (unpaired) electrons. The van der Waals surface area contributed by atoms with Gasteiger partial charge in [-0.1, -0.05) is 0 Å². The molecule has 0 aliphatic carbocycles. The quantitative estimate of drug-likeness (QED) is 0.524. The van der Waals surface area contributed by atoms with Gasteiger partial charge in [-0.3, -0.25) is 0 Å². The number of halogens is 3. The van der Waals surface area contributed by atoms with E-state index in [0.717, 1.165) is 0 Å². The van der Waals surface area contributed by atoms with Crippen LogP contribution in [0.1, 0.15) is 26.2 Å². The second-order valence-corrected chi connectivity index (χ2v) is 3.65. The van der Waals surface area contributed by atoms with E-state index in [1.807, 2.05) is 6.92 Å². The van der Waals surface area contributed by atoms with Gasteiger partial charge in [-0.05, 0) is 26.3 Å². The summed E-state index contributed by atoms with van der Waals surface area (Å²) < 4.78 is 45.5. The molecule has 0 rings (SSSR count). The molecule has 1 atom stereocenters. The van der Waals surface area contributed by atoms with Crippen LogP contribution in [0.3, 0.4) is 0 Å². The van der Waals surface area contributed by atoms with Crippen LogP contribution in [0.25, 0.3) is 0 Å². The molecule has 0 saturated carbocycles. The van der Waals surface area contributed by atoms with E-state index in [-0.39, 0.29) is 18.8 Å². The summed E-state index contributed by atoms with van der Waals surface area (Å²) in [5.41, 5.74) is 0. The molecular formula is C10H20F3NO2. The molecule has 6 heteroatoms. The maximum Gasteiger partial charge on any atom is 0.389 e. The van der Waals surface area contributed by atoms with Gasteiger partial charge >= 0.3 is 6.18 Å². The van der Waals surface area contributed by atoms with Crippen molar-refractivity contribution in [2.24, 2.45) is 0 Å². The Bertz CT molecular complexity index is 172. The summed E-state index contributed by atoms with van der Waals surface area (Å²) in [7, 11) is 3.05. The summed E-state index contributed by atoms with van der Waals surface area (Å²) in [5.74, 6) is 0. The van der Waals surface area contributed by atoms with Crippen molar-refractivity contribution >= 4 is 0 Å². The fourth-order valence-electron chi connectivity index (χ4n) is 1.38. The fourth-order valence-corrected chi connectivity index (χ4v) is 1.38. The summed E-state index contributed by atoms with van der Waals surface area (Å²) in [6.07, 6.45) is -4.51. The Morgan fingerprint density at radius 3 is 2.12 bits per heavy atom. The molecule has 0 heterocycles. The Balaban J connectivity index is 3.51. The van der Waals surface area contributed by atoms with Crippen molar-refractivity contribution in [2.75, 3.05) is 20.8 Å². The van der Waals surface area contributed by atoms with E-state index < -0.39 is 12.6 Å². The minimum Gasteiger partial charge on any atom is -0.354 e. The molecular weight excluding hydrogens is 223 g/mol. The highest BCUT2D eigenvalue weighted by atomic mass is 19.4. The molecule has 0 aromatic rings. The molecule has 0 saturated heterocycles. The smallest absolute Gasteiger partial charge is 0.354 e. The number of nitrogens with one attached hydrogen (secondary N) is 1. The molecule has 98 valence electrons. The molecule has 0 aliphatic rings. The van der Waals surface area contributed by atoms with Gasteiger partial charge < -0.3 is 14.8 Å². The van der Waals surface area contributed by atoms with Gasteiger partial charge in [0.25, 0.3) is 0 Å². The molecule has 1 N–H and O–H groups in total. The first-order valence-corrected chi connectivity index (χ1v) is 5.26. The standard InChI is InChI=1S/C10H20F3NO2/c1-8(9(15-2)16-3)14-7-5-4-6-10(11,12)13/h8-9,14H,4-7H2,1-3H3. The van der Waals surface area contributed by atoms with Crippen molar-refractivity contribution in [1.29, 1.82) is 0 Å². The molecule has 0 aromatic heterocycles. The third-order valence-corrected chi connectivity index (χ3v) is 2.23. The molecule has 16 heavy (non-hydrogen) atoms. The van der Waals surface area contributed by atoms with Crippen LogP contribution in [0.4, 0.5) is 13.2 Å². The van der Waals surface area contributed by atoms with E-state index in [9.17, 15) is 13.2 Å². The van der Waals surface area contributed by atoms with Crippen LogP contribution < -0.4 is 5.32 Å². The summed E-state index contributed by atoms with van der Waals surface area (Å²) in [6.45, 7) is 2.39. The Labute approximate surface area is 94.3 Å². The summed E-state index contributed by atoms with van der Waals surface area (Å²) >= 11 is 0. The molecule has 0 aliphatic heterocycles. The molecule has 0 amide bonds. The maximum atomic E-state index is 11.8. The van der Waals surface area contributed by atoms with Crippen molar-refractivity contribution in [3.05, 3.63) is 0 Å². The second-order valence-electron chi connectivity index (χ2n) is 3.65. The van der Waals surface area contributed by atoms with Crippen molar-refractivity contribution in [2.45, 2.75) is 44.7 Å². The lowest BCUT2D eigenvalue weighted by molar-refractivity contribution is -0.135. The van der Waals surface area contributed by atoms with Gasteiger partial charge in [-0.2, -0.15) is 13.2 Å². The lowest BCUT2D eigenvalue weighted by atomic mass is 10.2. The Morgan fingerprint density at radius 1 is 1.12 bits per heavy atom. The second kappa shape index (κ2) is 7.86. The van der Waals surface area contributed by atoms with Crippen LogP contribution >= 0.6 is 0 Å². The van der Waals surface area contributed by atoms with Crippen molar-refractivity contribution in [3.63, 3.8) is 0 Å². The summed E-state index contributed by atoms with van der Waals surface area (Å²) in [4.78, 5) is 0. The molecule has 0 spiro atoms. The number of unbranched alkanes of at least 4 members (excludes halogenated alkanes) is 1. The highest BCUT2D eigenvalue weighted by molar-refractivity contribution is 4.64. The predicted molar refractivity (Wildman–Crippen MR) is 55.2 cm³/mol. The number of ether oxygens (including phenoxy) is 2. The lowest BCUT2D eigenvalue weighted by Crippen LogP contribution is -2.40. The van der Waals surface area contributed by atoms with Gasteiger partial charge in [-0.25, -0.2) is 0 Å². The van der Waals surface area contributed by atoms with E-state index in [2.05, 4.69) is 5.32 Å². The monoisotopic (exact) mass is 243 g/mol. The number of hydrogen-bond donors (Lipinski definition) is 1. The Hall–Kier alpha value is -0.330. The number of alkyl halides is 3. The van der Waals surface area contributed by atoms with E-state index in [0.29, 0.717) is 13.0 Å². The first kappa shape index (κ1) is 15.7. The zero-order valence-electron chi connectivity index (χ0n) is 9.93. The molecule has 3 nitrogen and oxygen atoms in total. The highest BCUT2D eigenvalue weighted by Crippen LogP contribution is 2.21. The van der Waals surface area contributed by atoms with Crippen LogP contribution in [0.2, 0.25) is 0 Å². The largest absolute Gasteiger partial charge is 0.389 e. The van der Waals surface area contributed by atoms with Gasteiger partial charge in [-0.15, -0.1) is 0 Å². The van der Waals surface area contributed by atoms with Gasteiger partial charge in [0.05, 0.1) is 6.04 Å². The molecule has 0 aromatic carbocycles. The van der Waals surface area contributed by atoms with Crippen LogP contribution in [0.5, 0.6) is 0 Å². The normalized spacial score (nSPS) is 14.4. The van der Waals surface area contributed by atoms with Crippen molar-refractivity contribution in [3.8, 4) is 0 Å². The predicted octanol–water partition coefficient (Wildman–Crippen LogP) is 2.32. The third kappa shape index (κ3) is 7.90. The van der Waals surface area contributed by atoms with Gasteiger partial charge in [0, 0.05) is 20.6 Å². The fraction of sp³-hybridized carbons (Fsp3) is 1.00. The van der Waals surface area contributed by atoms with E-state index in [1.165, 1.54) is 14.2 Å². The molecule has 0 fully saturated rings. The van der Waals surface area contributed by atoms with Crippen LogP contribution in [0, 0.1) is 0 Å². The van der Waals surface area contributed by atoms with Crippen LogP contribution in [-0.2, 0) is 9.47 Å². The summed E-state index contributed by atoms with van der Waals surface area (Å²) in [6, 6.07) is -0.0408. The lowest BCUT2D eigenvalue weighted by Gasteiger charge is -2.22. The van der Waals surface area contributed by atoms with Crippen LogP contribution in [-0.4, -0.2) is 39.3 Å². The topological polar surface area (TPSA) is 30.5 Å². The Morgan fingerprint density at radius 2 is 1.69 bits per heavy atom. The number of methoxy groups -OCH3 is 2. The van der Waals surface area contributed by atoms with Gasteiger partial charge in [0.2, 0.25) is 0 Å². The van der Waals surface area contributed by atoms with Crippen molar-refractivity contribution < 1.29 is 22.6 Å². The molecule has 1 unspecified atom stereocenters. The average molecular weight is 243 g/mol. The SMILES string of the molecule is COC(OC)C(C)NCCCCC(F)(F)F. The first-order valence-electron chi connectivity index (χ1n) is 5.26. The minimum absolute atomic E-state index is 0.0408. The van der Waals surface area contributed by atoms with E-state index in [4.69, 9.17) is 9.47 Å². The average Bonchev–Trinajstić information content (AvgIpc) is 2.17. The third-order valence-electron chi connectivity index (χ3n) is 2.23. The van der Waals surface area contributed by atoms with E-state index >= 15 is 0 Å². The van der Waals surface area contributed by atoms with Gasteiger partial charge in [0.1, 0.15) is 0 Å². The first-order chi connectivity index (χ1) is 7.40. The maximum absolute atomic E-state index is 11.8. The number of rotatable bonds is 8. The zero-order chi connectivity index (χ0) is 12.6. The Kier molecular flexibility index (Phi) is 7.70. The number of hydrogen-bond acceptors (Lipinski definition) is 3. The molecule has 0 bridgehead atoms. The summed E-state index contributed by atoms with van der Waals surface area (Å²) in [5, 5.41) is 3.05. The van der Waals surface area contributed by atoms with Crippen molar-refractivity contribution in [1.82, 2.24) is 5.32 Å². The zero-order valence-corrected chi connectivity index (χ0v) is 9.93. The minimum atomic E-state index is -4.05.